The number of hydrogen-bond donors (Lipinski definition) is 0. The molecule has 14 heavy (non-hydrogen) atoms. The number of hydrogen-bond acceptors (Lipinski definition) is 3. The molecule has 0 aliphatic carbocycles. The Morgan fingerprint density at radius 3 is 2.71 bits per heavy atom. The summed E-state index contributed by atoms with van der Waals surface area (Å²) < 4.78 is 9.71. The highest BCUT2D eigenvalue weighted by Gasteiger charge is 2.01. The van der Waals surface area contributed by atoms with Crippen LogP contribution in [0.4, 0.5) is 0 Å². The van der Waals surface area contributed by atoms with E-state index in [4.69, 9.17) is 4.74 Å². The fraction of sp³-hybridized carbons (Fsp3) is 0.182. The summed E-state index contributed by atoms with van der Waals surface area (Å²) in [6, 6.07) is 10.1. The molecule has 0 aliphatic heterocycles. The van der Waals surface area contributed by atoms with Gasteiger partial charge in [-0.25, -0.2) is 0 Å². The molecule has 0 unspecified atom stereocenters. The molecule has 0 N–H and O–H groups in total. The second kappa shape index (κ2) is 4.24. The molecule has 1 aromatic carbocycles. The summed E-state index contributed by atoms with van der Waals surface area (Å²) in [4.78, 5) is 0. The maximum absolute atomic E-state index is 5.56. The van der Waals surface area contributed by atoms with Crippen LogP contribution in [0, 0.1) is 6.92 Å². The van der Waals surface area contributed by atoms with Crippen LogP contribution in [0.3, 0.4) is 0 Å². The monoisotopic (exact) mass is 205 g/mol. The van der Waals surface area contributed by atoms with Crippen LogP contribution >= 0.6 is 11.5 Å². The quantitative estimate of drug-likeness (QED) is 0.768. The van der Waals surface area contributed by atoms with Gasteiger partial charge in [0, 0.05) is 10.9 Å². The van der Waals surface area contributed by atoms with Crippen molar-refractivity contribution in [1.82, 2.24) is 4.37 Å². The van der Waals surface area contributed by atoms with Gasteiger partial charge in [0.1, 0.15) is 6.61 Å². The molecule has 3 heteroatoms. The summed E-state index contributed by atoms with van der Waals surface area (Å²) in [6.45, 7) is 2.59. The molecule has 2 rings (SSSR count). The predicted octanol–water partition coefficient (Wildman–Crippen LogP) is 3.03. The predicted molar refractivity (Wildman–Crippen MR) is 57.6 cm³/mol. The zero-order chi connectivity index (χ0) is 9.80. The van der Waals surface area contributed by atoms with E-state index in [9.17, 15) is 0 Å². The maximum Gasteiger partial charge on any atom is 0.228 e. The maximum atomic E-state index is 5.56. The zero-order valence-corrected chi connectivity index (χ0v) is 8.75. The lowest BCUT2D eigenvalue weighted by Gasteiger charge is -2.03. The first kappa shape index (κ1) is 9.21. The second-order valence-electron chi connectivity index (χ2n) is 3.08. The smallest absolute Gasteiger partial charge is 0.228 e. The lowest BCUT2D eigenvalue weighted by molar-refractivity contribution is 0.295. The molecule has 2 nitrogen and oxygen atoms in total. The zero-order valence-electron chi connectivity index (χ0n) is 7.93. The van der Waals surface area contributed by atoms with Crippen molar-refractivity contribution in [2.24, 2.45) is 0 Å². The van der Waals surface area contributed by atoms with Gasteiger partial charge in [-0.3, -0.25) is 0 Å². The van der Waals surface area contributed by atoms with Gasteiger partial charge in [0.15, 0.2) is 0 Å². The van der Waals surface area contributed by atoms with Gasteiger partial charge in [-0.2, -0.15) is 4.37 Å². The van der Waals surface area contributed by atoms with Crippen molar-refractivity contribution in [3.8, 4) is 5.88 Å². The van der Waals surface area contributed by atoms with Crippen molar-refractivity contribution in [2.75, 3.05) is 0 Å². The van der Waals surface area contributed by atoms with Crippen molar-refractivity contribution in [2.45, 2.75) is 13.5 Å². The third kappa shape index (κ3) is 2.12. The molecule has 0 bridgehead atoms. The van der Waals surface area contributed by atoms with Crippen molar-refractivity contribution < 1.29 is 4.74 Å². The Morgan fingerprint density at radius 2 is 2.07 bits per heavy atom. The lowest BCUT2D eigenvalue weighted by Crippen LogP contribution is -1.95. The van der Waals surface area contributed by atoms with Crippen molar-refractivity contribution in [1.29, 1.82) is 0 Å². The lowest BCUT2D eigenvalue weighted by atomic mass is 10.2. The van der Waals surface area contributed by atoms with Crippen LogP contribution in [0.25, 0.3) is 0 Å². The molecule has 72 valence electrons. The minimum absolute atomic E-state index is 0.589. The number of aryl methyl sites for hydroxylation is 1. The Balaban J connectivity index is 1.99. The molecule has 0 saturated carbocycles. The minimum Gasteiger partial charge on any atom is -0.472 e. The highest BCUT2D eigenvalue weighted by molar-refractivity contribution is 7.03. The number of ether oxygens (including phenoxy) is 1. The fourth-order valence-electron chi connectivity index (χ4n) is 1.14. The van der Waals surface area contributed by atoms with Crippen LogP contribution in [-0.4, -0.2) is 4.37 Å². The van der Waals surface area contributed by atoms with E-state index in [0.29, 0.717) is 6.61 Å². The largest absolute Gasteiger partial charge is 0.472 e. The first-order valence-corrected chi connectivity index (χ1v) is 5.27. The van der Waals surface area contributed by atoms with Crippen molar-refractivity contribution in [3.63, 3.8) is 0 Å². The van der Waals surface area contributed by atoms with Gasteiger partial charge in [-0.1, -0.05) is 30.3 Å². The Labute approximate surface area is 87.3 Å². The molecular formula is C11H11NOS. The first-order valence-electron chi connectivity index (χ1n) is 4.44. The molecule has 0 atom stereocenters. The van der Waals surface area contributed by atoms with E-state index in [1.54, 1.807) is 0 Å². The van der Waals surface area contributed by atoms with E-state index in [1.807, 2.05) is 42.6 Å². The average molecular weight is 205 g/mol. The molecule has 2 aromatic rings. The van der Waals surface area contributed by atoms with Crippen LogP contribution in [0.1, 0.15) is 11.1 Å². The van der Waals surface area contributed by atoms with E-state index in [2.05, 4.69) is 4.37 Å². The van der Waals surface area contributed by atoms with E-state index < -0.39 is 0 Å². The van der Waals surface area contributed by atoms with E-state index in [-0.39, 0.29) is 0 Å². The number of benzene rings is 1. The summed E-state index contributed by atoms with van der Waals surface area (Å²) in [5, 5.41) is 1.99. The normalized spacial score (nSPS) is 10.1. The Kier molecular flexibility index (Phi) is 2.79. The molecule has 1 heterocycles. The van der Waals surface area contributed by atoms with Gasteiger partial charge in [0.2, 0.25) is 5.88 Å². The van der Waals surface area contributed by atoms with Gasteiger partial charge >= 0.3 is 0 Å². The Bertz CT molecular complexity index is 397. The van der Waals surface area contributed by atoms with E-state index in [1.165, 1.54) is 17.1 Å². The second-order valence-corrected chi connectivity index (χ2v) is 3.71. The molecule has 0 amide bonds. The minimum atomic E-state index is 0.589. The van der Waals surface area contributed by atoms with Gasteiger partial charge < -0.3 is 4.74 Å². The summed E-state index contributed by atoms with van der Waals surface area (Å²) >= 11 is 1.43. The van der Waals surface area contributed by atoms with Crippen LogP contribution in [0.5, 0.6) is 5.88 Å². The molecule has 0 spiro atoms. The van der Waals surface area contributed by atoms with Gasteiger partial charge in [-0.05, 0) is 24.0 Å². The molecular weight excluding hydrogens is 194 g/mol. The number of nitrogens with zero attached hydrogens (tertiary/aromatic N) is 1. The molecule has 0 aliphatic rings. The summed E-state index contributed by atoms with van der Waals surface area (Å²) in [5.41, 5.74) is 2.27. The van der Waals surface area contributed by atoms with Gasteiger partial charge in [0.25, 0.3) is 0 Å². The van der Waals surface area contributed by atoms with Crippen molar-refractivity contribution in [3.05, 3.63) is 46.8 Å². The average Bonchev–Trinajstić information content (AvgIpc) is 2.63. The highest BCUT2D eigenvalue weighted by atomic mass is 32.1. The molecule has 0 fully saturated rings. The molecule has 0 radical (unpaired) electrons. The highest BCUT2D eigenvalue weighted by Crippen LogP contribution is 2.18. The summed E-state index contributed by atoms with van der Waals surface area (Å²) in [7, 11) is 0. The number of rotatable bonds is 3. The SMILES string of the molecule is Cc1csnc1OCc1ccccc1. The Hall–Kier alpha value is -1.35. The summed E-state index contributed by atoms with van der Waals surface area (Å²) in [5.74, 6) is 0.749. The van der Waals surface area contributed by atoms with Gasteiger partial charge in [0.05, 0.1) is 0 Å². The molecule has 0 saturated heterocycles. The fourth-order valence-corrected chi connectivity index (χ4v) is 1.75. The van der Waals surface area contributed by atoms with Crippen molar-refractivity contribution >= 4 is 11.5 Å². The van der Waals surface area contributed by atoms with Crippen LogP contribution in [-0.2, 0) is 6.61 Å². The molecule has 1 aromatic heterocycles. The van der Waals surface area contributed by atoms with Crippen LogP contribution in [0.2, 0.25) is 0 Å². The van der Waals surface area contributed by atoms with Crippen LogP contribution in [0.15, 0.2) is 35.7 Å². The third-order valence-corrected chi connectivity index (χ3v) is 2.65. The van der Waals surface area contributed by atoms with Crippen LogP contribution < -0.4 is 4.74 Å². The van der Waals surface area contributed by atoms with E-state index in [0.717, 1.165) is 11.4 Å². The summed E-state index contributed by atoms with van der Waals surface area (Å²) in [6.07, 6.45) is 0. The standard InChI is InChI=1S/C11H11NOS/c1-9-8-14-12-11(9)13-7-10-5-3-2-4-6-10/h2-6,8H,7H2,1H3. The topological polar surface area (TPSA) is 22.1 Å². The van der Waals surface area contributed by atoms with Gasteiger partial charge in [-0.15, -0.1) is 0 Å². The first-order chi connectivity index (χ1) is 6.86. The van der Waals surface area contributed by atoms with E-state index >= 15 is 0 Å². The third-order valence-electron chi connectivity index (χ3n) is 1.92. The Morgan fingerprint density at radius 1 is 1.29 bits per heavy atom. The number of aromatic nitrogens is 1.